The predicted molar refractivity (Wildman–Crippen MR) is 124 cm³/mol. The van der Waals surface area contributed by atoms with E-state index in [0.717, 1.165) is 12.8 Å². The first-order chi connectivity index (χ1) is 14.5. The lowest BCUT2D eigenvalue weighted by Crippen LogP contribution is -2.29. The second-order valence-electron chi connectivity index (χ2n) is 7.66. The molecule has 0 aliphatic carbocycles. The highest BCUT2D eigenvalue weighted by molar-refractivity contribution is 8.00. The number of unbranched alkanes of at least 4 members (excludes halogenated alkanes) is 10. The molecule has 0 aromatic rings. The van der Waals surface area contributed by atoms with Crippen molar-refractivity contribution in [2.45, 2.75) is 102 Å². The quantitative estimate of drug-likeness (QED) is 0.162. The molecule has 1 atom stereocenters. The third kappa shape index (κ3) is 21.2. The summed E-state index contributed by atoms with van der Waals surface area (Å²) in [6.07, 6.45) is 19.1. The summed E-state index contributed by atoms with van der Waals surface area (Å²) >= 11 is 1.55. The molecule has 1 unspecified atom stereocenters. The van der Waals surface area contributed by atoms with Gasteiger partial charge >= 0.3 is 11.9 Å². The Balaban J connectivity index is 3.92. The summed E-state index contributed by atoms with van der Waals surface area (Å²) < 4.78 is 0. The van der Waals surface area contributed by atoms with Crippen LogP contribution in [0, 0.1) is 0 Å². The molecule has 1 amide bonds. The SMILES string of the molecule is CCCCCCCCCCCC/C=C\C(CCC(=O)O)SCCC(=O)NCC(=O)O. The van der Waals surface area contributed by atoms with Crippen molar-refractivity contribution in [1.29, 1.82) is 0 Å². The van der Waals surface area contributed by atoms with Crippen LogP contribution in [0.4, 0.5) is 0 Å². The van der Waals surface area contributed by atoms with E-state index in [1.165, 1.54) is 57.8 Å². The molecule has 0 spiro atoms. The van der Waals surface area contributed by atoms with Crippen molar-refractivity contribution < 1.29 is 24.6 Å². The van der Waals surface area contributed by atoms with Gasteiger partial charge in [0.05, 0.1) is 0 Å². The molecule has 0 rings (SSSR count). The third-order valence-corrected chi connectivity index (χ3v) is 6.08. The predicted octanol–water partition coefficient (Wildman–Crippen LogP) is 5.41. The van der Waals surface area contributed by atoms with Crippen LogP contribution in [0.15, 0.2) is 12.2 Å². The molecular formula is C23H41NO5S. The number of amides is 1. The Morgan fingerprint density at radius 3 is 2.03 bits per heavy atom. The van der Waals surface area contributed by atoms with Gasteiger partial charge in [-0.05, 0) is 19.3 Å². The molecule has 0 saturated carbocycles. The summed E-state index contributed by atoms with van der Waals surface area (Å²) in [5.41, 5.74) is 0. The molecule has 0 aliphatic rings. The van der Waals surface area contributed by atoms with Crippen molar-refractivity contribution in [2.24, 2.45) is 0 Å². The molecule has 6 nitrogen and oxygen atoms in total. The smallest absolute Gasteiger partial charge is 0.322 e. The summed E-state index contributed by atoms with van der Waals surface area (Å²) in [4.78, 5) is 32.9. The van der Waals surface area contributed by atoms with Crippen molar-refractivity contribution in [1.82, 2.24) is 5.32 Å². The Morgan fingerprint density at radius 1 is 0.867 bits per heavy atom. The van der Waals surface area contributed by atoms with Gasteiger partial charge in [0.25, 0.3) is 0 Å². The van der Waals surface area contributed by atoms with Crippen LogP contribution in [0.1, 0.15) is 96.8 Å². The molecule has 174 valence electrons. The van der Waals surface area contributed by atoms with Crippen LogP contribution in [0.25, 0.3) is 0 Å². The van der Waals surface area contributed by atoms with Crippen LogP contribution in [0.3, 0.4) is 0 Å². The van der Waals surface area contributed by atoms with E-state index in [-0.39, 0.29) is 30.5 Å². The fourth-order valence-corrected chi connectivity index (χ4v) is 4.18. The first kappa shape index (κ1) is 28.5. The average molecular weight is 444 g/mol. The lowest BCUT2D eigenvalue weighted by atomic mass is 10.1. The van der Waals surface area contributed by atoms with E-state index in [1.807, 2.05) is 0 Å². The maximum absolute atomic E-state index is 11.6. The van der Waals surface area contributed by atoms with Crippen LogP contribution in [0.2, 0.25) is 0 Å². The van der Waals surface area contributed by atoms with Gasteiger partial charge in [-0.1, -0.05) is 76.9 Å². The van der Waals surface area contributed by atoms with E-state index in [2.05, 4.69) is 24.4 Å². The number of carbonyl (C=O) groups is 3. The maximum Gasteiger partial charge on any atom is 0.322 e. The molecule has 0 saturated heterocycles. The Bertz CT molecular complexity index is 496. The fraction of sp³-hybridized carbons (Fsp3) is 0.783. The molecule has 0 aromatic carbocycles. The van der Waals surface area contributed by atoms with Crippen molar-refractivity contribution in [2.75, 3.05) is 12.3 Å². The molecule has 0 heterocycles. The van der Waals surface area contributed by atoms with Crippen molar-refractivity contribution in [3.8, 4) is 0 Å². The van der Waals surface area contributed by atoms with Gasteiger partial charge in [0.15, 0.2) is 0 Å². The molecule has 0 fully saturated rings. The Kier molecular flexibility index (Phi) is 19.7. The normalized spacial score (nSPS) is 12.2. The third-order valence-electron chi connectivity index (χ3n) is 4.82. The largest absolute Gasteiger partial charge is 0.481 e. The second-order valence-corrected chi connectivity index (χ2v) is 9.01. The van der Waals surface area contributed by atoms with Crippen LogP contribution in [0.5, 0.6) is 0 Å². The van der Waals surface area contributed by atoms with Gasteiger partial charge in [-0.3, -0.25) is 14.4 Å². The highest BCUT2D eigenvalue weighted by atomic mass is 32.2. The number of hydrogen-bond donors (Lipinski definition) is 3. The van der Waals surface area contributed by atoms with Gasteiger partial charge in [-0.15, -0.1) is 0 Å². The summed E-state index contributed by atoms with van der Waals surface area (Å²) in [6, 6.07) is 0. The lowest BCUT2D eigenvalue weighted by molar-refractivity contribution is -0.138. The molecule has 0 radical (unpaired) electrons. The number of rotatable bonds is 21. The van der Waals surface area contributed by atoms with E-state index >= 15 is 0 Å². The average Bonchev–Trinajstić information content (AvgIpc) is 2.70. The van der Waals surface area contributed by atoms with Gasteiger partial charge in [0.1, 0.15) is 6.54 Å². The first-order valence-electron chi connectivity index (χ1n) is 11.4. The van der Waals surface area contributed by atoms with Crippen LogP contribution >= 0.6 is 11.8 Å². The van der Waals surface area contributed by atoms with Crippen molar-refractivity contribution in [3.63, 3.8) is 0 Å². The van der Waals surface area contributed by atoms with Crippen molar-refractivity contribution >= 4 is 29.6 Å². The second kappa shape index (κ2) is 20.8. The standard InChI is InChI=1S/C23H41NO5S/c1-2-3-4-5-6-7-8-9-10-11-12-13-14-20(15-16-22(26)27)30-18-17-21(25)24-19-23(28)29/h13-14,20H,2-12,15-19H2,1H3,(H,24,25)(H,26,27)(H,28,29)/b14-13-. The van der Waals surface area contributed by atoms with Gasteiger partial charge in [-0.25, -0.2) is 0 Å². The number of nitrogens with one attached hydrogen (secondary N) is 1. The highest BCUT2D eigenvalue weighted by Crippen LogP contribution is 2.20. The number of carboxylic acid groups (broad SMARTS) is 2. The first-order valence-corrected chi connectivity index (χ1v) is 12.5. The minimum absolute atomic E-state index is 0.0662. The number of hydrogen-bond acceptors (Lipinski definition) is 4. The van der Waals surface area contributed by atoms with Gasteiger partial charge in [0.2, 0.25) is 5.91 Å². The van der Waals surface area contributed by atoms with E-state index < -0.39 is 11.9 Å². The maximum atomic E-state index is 11.6. The van der Waals surface area contributed by atoms with Gasteiger partial charge in [0, 0.05) is 23.8 Å². The molecular weight excluding hydrogens is 402 g/mol. The Morgan fingerprint density at radius 2 is 1.47 bits per heavy atom. The molecule has 3 N–H and O–H groups in total. The number of aliphatic carboxylic acids is 2. The molecule has 30 heavy (non-hydrogen) atoms. The molecule has 0 bridgehead atoms. The topological polar surface area (TPSA) is 104 Å². The number of thioether (sulfide) groups is 1. The summed E-state index contributed by atoms with van der Waals surface area (Å²) in [7, 11) is 0. The molecule has 0 aromatic heterocycles. The zero-order valence-corrected chi connectivity index (χ0v) is 19.4. The minimum atomic E-state index is -1.06. The highest BCUT2D eigenvalue weighted by Gasteiger charge is 2.10. The fourth-order valence-electron chi connectivity index (χ4n) is 3.06. The lowest BCUT2D eigenvalue weighted by Gasteiger charge is -2.11. The molecule has 0 aliphatic heterocycles. The summed E-state index contributed by atoms with van der Waals surface area (Å²) in [6.45, 7) is 1.87. The Labute approximate surface area is 186 Å². The van der Waals surface area contributed by atoms with E-state index in [0.29, 0.717) is 12.2 Å². The monoisotopic (exact) mass is 443 g/mol. The summed E-state index contributed by atoms with van der Waals surface area (Å²) in [5, 5.41) is 19.9. The van der Waals surface area contributed by atoms with Crippen LogP contribution in [-0.4, -0.2) is 45.6 Å². The number of allylic oxidation sites excluding steroid dienone is 1. The van der Waals surface area contributed by atoms with Crippen LogP contribution < -0.4 is 5.32 Å². The van der Waals surface area contributed by atoms with Gasteiger partial charge < -0.3 is 15.5 Å². The Hall–Kier alpha value is -1.50. The molecule has 7 heteroatoms. The summed E-state index contributed by atoms with van der Waals surface area (Å²) in [5.74, 6) is -1.64. The van der Waals surface area contributed by atoms with Gasteiger partial charge in [-0.2, -0.15) is 11.8 Å². The van der Waals surface area contributed by atoms with E-state index in [1.54, 1.807) is 11.8 Å². The van der Waals surface area contributed by atoms with E-state index in [9.17, 15) is 14.4 Å². The zero-order chi connectivity index (χ0) is 22.5. The number of carbonyl (C=O) groups excluding carboxylic acids is 1. The van der Waals surface area contributed by atoms with Crippen molar-refractivity contribution in [3.05, 3.63) is 12.2 Å². The van der Waals surface area contributed by atoms with Crippen LogP contribution in [-0.2, 0) is 14.4 Å². The minimum Gasteiger partial charge on any atom is -0.481 e. The number of carboxylic acids is 2. The zero-order valence-electron chi connectivity index (χ0n) is 18.6. The van der Waals surface area contributed by atoms with E-state index in [4.69, 9.17) is 10.2 Å².